The average molecular weight is 855 g/mol. The first-order valence-corrected chi connectivity index (χ1v) is 21.3. The SMILES string of the molecule is C[Si](C)(C)CCOCn1c(O[C@@H]2CO[C@@H]3[C@@H]2OC[C@H]3OP(=O)(O)O)nc2nc(-c3ccc(C4CCN(CC(F)(F)F)C4)cc3)c(Cl)cc21.[H-].[H-].[H-].[K+].[K+].[K+]. The molecule has 1 aromatic carbocycles. The van der Waals surface area contributed by atoms with Crippen molar-refractivity contribution in [2.24, 2.45) is 0 Å². The smallest absolute Gasteiger partial charge is 1.00 e. The Balaban J connectivity index is 0.00000468. The van der Waals surface area contributed by atoms with Gasteiger partial charge in [-0.05, 0) is 36.6 Å². The van der Waals surface area contributed by atoms with Crippen molar-refractivity contribution in [2.75, 3.05) is 39.5 Å². The van der Waals surface area contributed by atoms with Crippen molar-refractivity contribution in [3.8, 4) is 17.3 Å². The van der Waals surface area contributed by atoms with E-state index in [-0.39, 0.29) is 190 Å². The van der Waals surface area contributed by atoms with Crippen molar-refractivity contribution in [1.29, 1.82) is 0 Å². The van der Waals surface area contributed by atoms with Gasteiger partial charge < -0.3 is 33.0 Å². The summed E-state index contributed by atoms with van der Waals surface area (Å²) >= 11 is 6.79. The van der Waals surface area contributed by atoms with Gasteiger partial charge in [-0.25, -0.2) is 9.55 Å². The zero-order chi connectivity index (χ0) is 34.4. The average Bonchev–Trinajstić information content (AvgIpc) is 3.75. The molecular weight excluding hydrogens is 813 g/mol. The first kappa shape index (κ1) is 48.2. The zero-order valence-corrected chi connectivity index (χ0v) is 41.7. The summed E-state index contributed by atoms with van der Waals surface area (Å²) in [7, 11) is -6.11. The fourth-order valence-electron chi connectivity index (χ4n) is 6.30. The predicted molar refractivity (Wildman–Crippen MR) is 176 cm³/mol. The second kappa shape index (κ2) is 20.2. The van der Waals surface area contributed by atoms with Crippen molar-refractivity contribution in [3.63, 3.8) is 0 Å². The van der Waals surface area contributed by atoms with Crippen molar-refractivity contribution in [3.05, 3.63) is 40.9 Å². The van der Waals surface area contributed by atoms with Crippen LogP contribution < -0.4 is 159 Å². The van der Waals surface area contributed by atoms with Crippen LogP contribution in [0.4, 0.5) is 13.2 Å². The fourth-order valence-corrected chi connectivity index (χ4v) is 7.85. The van der Waals surface area contributed by atoms with Gasteiger partial charge in [0.1, 0.15) is 25.0 Å². The van der Waals surface area contributed by atoms with Crippen LogP contribution in [0.1, 0.15) is 22.2 Å². The maximum atomic E-state index is 12.9. The van der Waals surface area contributed by atoms with E-state index in [1.165, 1.54) is 4.90 Å². The number of pyridine rings is 1. The molecule has 0 radical (unpaired) electrons. The van der Waals surface area contributed by atoms with E-state index < -0.39 is 53.0 Å². The van der Waals surface area contributed by atoms with Gasteiger partial charge in [0.25, 0.3) is 0 Å². The maximum absolute atomic E-state index is 12.9. The van der Waals surface area contributed by atoms with E-state index in [2.05, 4.69) is 24.6 Å². The van der Waals surface area contributed by atoms with Crippen LogP contribution in [0.15, 0.2) is 30.3 Å². The minimum atomic E-state index is -4.75. The summed E-state index contributed by atoms with van der Waals surface area (Å²) in [6.45, 7) is 7.27. The zero-order valence-electron chi connectivity index (χ0n) is 32.7. The molecule has 6 rings (SSSR count). The van der Waals surface area contributed by atoms with Crippen molar-refractivity contribution in [2.45, 2.75) is 75.3 Å². The number of rotatable bonds is 12. The molecule has 270 valence electrons. The van der Waals surface area contributed by atoms with Gasteiger partial charge in [-0.3, -0.25) is 14.0 Å². The number of nitrogens with zero attached hydrogens (tertiary/aromatic N) is 4. The third-order valence-corrected chi connectivity index (χ3v) is 11.2. The van der Waals surface area contributed by atoms with E-state index in [9.17, 15) is 27.5 Å². The van der Waals surface area contributed by atoms with Crippen LogP contribution in [-0.4, -0.2) is 107 Å². The number of phosphoric acid groups is 1. The number of hydrogen-bond acceptors (Lipinski definition) is 9. The topological polar surface area (TPSA) is 138 Å². The number of benzene rings is 1. The minimum Gasteiger partial charge on any atom is -1.00 e. The number of imidazole rings is 1. The first-order valence-electron chi connectivity index (χ1n) is 15.7. The first-order chi connectivity index (χ1) is 22.5. The standard InChI is InChI=1S/C30H39ClF3N4O8PSi.3K.3H/c1-48(2,3)11-10-42-17-38-22-12-21(31)25(19-6-4-18(5-7-19)20-8-9-37(13-20)16-30(32,33)34)35-28(22)36-29(38)45-23-14-43-27-24(15-44-26(23)27)46-47(39,40)41;;;;;;/h4-7,12,20,23-24,26-27H,8-11,13-17H2,1-3H3,(H2,39,40,41);;;;;;/q;3*+1;3*-1/t20?,23-,24-,26-,27+;;;;;;/m1....../s1. The molecular formula is C30H42ClF3K3N4O8PSi. The van der Waals surface area contributed by atoms with Gasteiger partial charge in [0.05, 0.1) is 36.0 Å². The van der Waals surface area contributed by atoms with E-state index in [0.717, 1.165) is 17.2 Å². The predicted octanol–water partition coefficient (Wildman–Crippen LogP) is -3.21. The van der Waals surface area contributed by atoms with Gasteiger partial charge in [-0.2, -0.15) is 18.2 Å². The van der Waals surface area contributed by atoms with Crippen LogP contribution in [0, 0.1) is 0 Å². The molecule has 21 heteroatoms. The molecule has 5 atom stereocenters. The Morgan fingerprint density at radius 2 is 1.71 bits per heavy atom. The fraction of sp³-hybridized carbons (Fsp3) is 0.600. The van der Waals surface area contributed by atoms with Gasteiger partial charge >= 0.3 is 174 Å². The van der Waals surface area contributed by atoms with Crippen molar-refractivity contribution >= 4 is 38.7 Å². The van der Waals surface area contributed by atoms with Gasteiger partial charge in [-0.1, -0.05) is 55.5 Å². The molecule has 3 aliphatic rings. The number of halogens is 4. The van der Waals surface area contributed by atoms with Crippen molar-refractivity contribution in [1.82, 2.24) is 19.4 Å². The van der Waals surface area contributed by atoms with Crippen molar-refractivity contribution < 1.29 is 209 Å². The molecule has 51 heavy (non-hydrogen) atoms. The molecule has 3 aromatic rings. The molecule has 0 amide bonds. The summed E-state index contributed by atoms with van der Waals surface area (Å²) in [5, 5.41) is 0.364. The second-order valence-electron chi connectivity index (χ2n) is 13.7. The molecule has 3 saturated heterocycles. The van der Waals surface area contributed by atoms with Crippen LogP contribution in [0.25, 0.3) is 22.4 Å². The summed E-state index contributed by atoms with van der Waals surface area (Å²) in [5.74, 6) is 0.00492. The van der Waals surface area contributed by atoms with Crippen LogP contribution >= 0.6 is 19.4 Å². The summed E-state index contributed by atoms with van der Waals surface area (Å²) in [6.07, 6.45) is -6.54. The summed E-state index contributed by atoms with van der Waals surface area (Å²) in [6, 6.07) is 10.4. The molecule has 1 unspecified atom stereocenters. The number of hydrogen-bond donors (Lipinski definition) is 2. The number of aromatic nitrogens is 3. The molecule has 0 spiro atoms. The van der Waals surface area contributed by atoms with Gasteiger partial charge in [-0.15, -0.1) is 0 Å². The summed E-state index contributed by atoms with van der Waals surface area (Å²) in [4.78, 5) is 29.4. The number of fused-ring (bicyclic) bond motifs is 2. The normalized spacial score (nSPS) is 23.8. The van der Waals surface area contributed by atoms with E-state index in [1.807, 2.05) is 24.3 Å². The Morgan fingerprint density at radius 3 is 2.33 bits per heavy atom. The molecule has 2 aromatic heterocycles. The summed E-state index contributed by atoms with van der Waals surface area (Å²) in [5.41, 5.74) is 3.09. The molecule has 0 aliphatic carbocycles. The number of likely N-dealkylation sites (tertiary alicyclic amines) is 1. The minimum absolute atomic E-state index is 0. The molecule has 0 bridgehead atoms. The maximum Gasteiger partial charge on any atom is 1.00 e. The molecule has 2 N–H and O–H groups in total. The Bertz CT molecular complexity index is 1690. The third kappa shape index (κ3) is 13.1. The second-order valence-corrected chi connectivity index (χ2v) is 20.9. The molecule has 3 fully saturated rings. The Kier molecular flexibility index (Phi) is 19.1. The molecule has 3 aliphatic heterocycles. The number of alkyl halides is 3. The Morgan fingerprint density at radius 1 is 1.06 bits per heavy atom. The quantitative estimate of drug-likeness (QED) is 0.108. The van der Waals surface area contributed by atoms with Crippen LogP contribution in [-0.2, 0) is 30.0 Å². The van der Waals surface area contributed by atoms with Gasteiger partial charge in [0.2, 0.25) is 0 Å². The third-order valence-electron chi connectivity index (χ3n) is 8.70. The largest absolute Gasteiger partial charge is 1.00 e. The van der Waals surface area contributed by atoms with E-state index in [1.54, 1.807) is 10.6 Å². The molecule has 12 nitrogen and oxygen atoms in total. The van der Waals surface area contributed by atoms with E-state index in [4.69, 9.17) is 40.1 Å². The number of phosphoric ester groups is 1. The Hall–Kier alpha value is 2.80. The van der Waals surface area contributed by atoms with Gasteiger partial charge in [0.15, 0.2) is 11.8 Å². The summed E-state index contributed by atoms with van der Waals surface area (Å²) < 4.78 is 80.5. The van der Waals surface area contributed by atoms with Crippen LogP contribution in [0.5, 0.6) is 6.01 Å². The monoisotopic (exact) mass is 854 g/mol. The van der Waals surface area contributed by atoms with Gasteiger partial charge in [0, 0.05) is 26.8 Å². The van der Waals surface area contributed by atoms with E-state index >= 15 is 0 Å². The Labute approximate surface area is 432 Å². The van der Waals surface area contributed by atoms with Crippen LogP contribution in [0.2, 0.25) is 30.7 Å². The van der Waals surface area contributed by atoms with Crippen LogP contribution in [0.3, 0.4) is 0 Å². The van der Waals surface area contributed by atoms with E-state index in [0.29, 0.717) is 48.0 Å². The number of ether oxygens (including phenoxy) is 4. The molecule has 5 heterocycles. The molecule has 0 saturated carbocycles.